The third-order valence-corrected chi connectivity index (χ3v) is 6.40. The summed E-state index contributed by atoms with van der Waals surface area (Å²) in [7, 11) is 0. The first-order chi connectivity index (χ1) is 20.2. The molecule has 0 fully saturated rings. The lowest BCUT2D eigenvalue weighted by atomic mass is 9.90. The highest BCUT2D eigenvalue weighted by atomic mass is 16.4. The van der Waals surface area contributed by atoms with E-state index in [0.29, 0.717) is 24.9 Å². The van der Waals surface area contributed by atoms with Crippen LogP contribution in [-0.4, -0.2) is 53.9 Å². The maximum Gasteiger partial charge on any atom is 0.322 e. The summed E-state index contributed by atoms with van der Waals surface area (Å²) in [6.45, 7) is 0.0692. The topological polar surface area (TPSA) is 189 Å². The zero-order valence-corrected chi connectivity index (χ0v) is 23.2. The summed E-state index contributed by atoms with van der Waals surface area (Å²) in [6.07, 6.45) is 0.819. The van der Waals surface area contributed by atoms with Gasteiger partial charge in [0.15, 0.2) is 5.96 Å². The minimum absolute atomic E-state index is 0.0355. The van der Waals surface area contributed by atoms with Gasteiger partial charge < -0.3 is 32.5 Å². The Bertz CT molecular complexity index is 1320. The number of carbonyl (C=O) groups excluding carboxylic acids is 3. The molecule has 42 heavy (non-hydrogen) atoms. The second-order valence-corrected chi connectivity index (χ2v) is 9.65. The number of amides is 3. The van der Waals surface area contributed by atoms with Crippen molar-refractivity contribution >= 4 is 29.7 Å². The SMILES string of the molecule is NC(N)=NCCC[C@@H](NC(=O)C(c1ccccc1)c1ccccc1)C(=O)NCc1ccc(CC(=O)NCC(=O)O)cc1. The molecule has 3 amide bonds. The smallest absolute Gasteiger partial charge is 0.322 e. The van der Waals surface area contributed by atoms with Crippen LogP contribution in [0.25, 0.3) is 0 Å². The Morgan fingerprint density at radius 1 is 0.762 bits per heavy atom. The van der Waals surface area contributed by atoms with E-state index in [1.807, 2.05) is 60.7 Å². The number of aliphatic imine (C=N–C) groups is 1. The monoisotopic (exact) mass is 572 g/mol. The summed E-state index contributed by atoms with van der Waals surface area (Å²) >= 11 is 0. The Kier molecular flexibility index (Phi) is 12.1. The van der Waals surface area contributed by atoms with Crippen molar-refractivity contribution in [1.29, 1.82) is 0 Å². The Hall–Kier alpha value is -5.19. The van der Waals surface area contributed by atoms with E-state index in [2.05, 4.69) is 20.9 Å². The summed E-state index contributed by atoms with van der Waals surface area (Å²) in [5.41, 5.74) is 13.9. The quantitative estimate of drug-likeness (QED) is 0.0902. The lowest BCUT2D eigenvalue weighted by molar-refractivity contribution is -0.137. The second-order valence-electron chi connectivity index (χ2n) is 9.65. The molecule has 0 bridgehead atoms. The molecule has 3 aromatic rings. The maximum atomic E-state index is 13.7. The van der Waals surface area contributed by atoms with Gasteiger partial charge in [0.25, 0.3) is 0 Å². The molecule has 11 heteroatoms. The Balaban J connectivity index is 1.68. The van der Waals surface area contributed by atoms with E-state index in [1.54, 1.807) is 24.3 Å². The normalized spacial score (nSPS) is 11.3. The Morgan fingerprint density at radius 2 is 1.33 bits per heavy atom. The number of nitrogens with two attached hydrogens (primary N) is 2. The van der Waals surface area contributed by atoms with Gasteiger partial charge in [-0.3, -0.25) is 24.2 Å². The number of aliphatic carboxylic acids is 1. The minimum atomic E-state index is -1.11. The number of benzene rings is 3. The molecule has 0 saturated carbocycles. The number of hydrogen-bond acceptors (Lipinski definition) is 5. The predicted molar refractivity (Wildman–Crippen MR) is 159 cm³/mol. The van der Waals surface area contributed by atoms with E-state index in [4.69, 9.17) is 16.6 Å². The lowest BCUT2D eigenvalue weighted by Crippen LogP contribution is -2.48. The van der Waals surface area contributed by atoms with Crippen molar-refractivity contribution in [3.63, 3.8) is 0 Å². The molecule has 0 heterocycles. The van der Waals surface area contributed by atoms with Crippen molar-refractivity contribution in [2.24, 2.45) is 16.5 Å². The molecule has 11 nitrogen and oxygen atoms in total. The number of carboxylic acids is 1. The first-order valence-electron chi connectivity index (χ1n) is 13.5. The summed E-state index contributed by atoms with van der Waals surface area (Å²) in [5, 5.41) is 16.8. The first-order valence-corrected chi connectivity index (χ1v) is 13.5. The largest absolute Gasteiger partial charge is 0.480 e. The van der Waals surface area contributed by atoms with Gasteiger partial charge in [-0.05, 0) is 35.1 Å². The van der Waals surface area contributed by atoms with E-state index < -0.39 is 30.4 Å². The molecule has 220 valence electrons. The molecule has 0 radical (unpaired) electrons. The third kappa shape index (κ3) is 10.4. The van der Waals surface area contributed by atoms with Crippen molar-refractivity contribution in [3.05, 3.63) is 107 Å². The van der Waals surface area contributed by atoms with Gasteiger partial charge >= 0.3 is 5.97 Å². The maximum absolute atomic E-state index is 13.7. The molecule has 0 aromatic heterocycles. The van der Waals surface area contributed by atoms with Crippen LogP contribution in [0.4, 0.5) is 0 Å². The van der Waals surface area contributed by atoms with E-state index in [-0.39, 0.29) is 30.7 Å². The van der Waals surface area contributed by atoms with E-state index in [9.17, 15) is 19.2 Å². The summed E-state index contributed by atoms with van der Waals surface area (Å²) in [5.74, 6) is -2.83. The fourth-order valence-corrected chi connectivity index (χ4v) is 4.32. The van der Waals surface area contributed by atoms with Crippen LogP contribution < -0.4 is 27.4 Å². The predicted octanol–water partition coefficient (Wildman–Crippen LogP) is 1.42. The fraction of sp³-hybridized carbons (Fsp3) is 0.258. The van der Waals surface area contributed by atoms with Crippen LogP contribution in [0.3, 0.4) is 0 Å². The molecule has 3 aromatic carbocycles. The number of carbonyl (C=O) groups is 4. The molecular formula is C31H36N6O5. The average molecular weight is 573 g/mol. The molecule has 0 spiro atoms. The highest BCUT2D eigenvalue weighted by Crippen LogP contribution is 2.25. The molecular weight excluding hydrogens is 536 g/mol. The van der Waals surface area contributed by atoms with Gasteiger partial charge in [-0.1, -0.05) is 84.9 Å². The zero-order chi connectivity index (χ0) is 30.3. The van der Waals surface area contributed by atoms with Crippen LogP contribution in [-0.2, 0) is 32.1 Å². The molecule has 0 unspecified atom stereocenters. The number of nitrogens with one attached hydrogen (secondary N) is 3. The van der Waals surface area contributed by atoms with E-state index in [1.165, 1.54) is 0 Å². The van der Waals surface area contributed by atoms with Gasteiger partial charge in [-0.15, -0.1) is 0 Å². The van der Waals surface area contributed by atoms with E-state index in [0.717, 1.165) is 16.7 Å². The summed E-state index contributed by atoms with van der Waals surface area (Å²) in [4.78, 5) is 53.4. The number of carboxylic acid groups (broad SMARTS) is 1. The van der Waals surface area contributed by atoms with Crippen molar-refractivity contribution in [2.45, 2.75) is 37.8 Å². The number of rotatable bonds is 15. The minimum Gasteiger partial charge on any atom is -0.480 e. The highest BCUT2D eigenvalue weighted by Gasteiger charge is 2.27. The van der Waals surface area contributed by atoms with Gasteiger partial charge in [0.1, 0.15) is 12.6 Å². The molecule has 0 aliphatic carbocycles. The summed E-state index contributed by atoms with van der Waals surface area (Å²) < 4.78 is 0. The Morgan fingerprint density at radius 3 is 1.88 bits per heavy atom. The second kappa shape index (κ2) is 16.2. The van der Waals surface area contributed by atoms with E-state index >= 15 is 0 Å². The Labute approximate surface area is 244 Å². The number of hydrogen-bond donors (Lipinski definition) is 6. The molecule has 0 aliphatic heterocycles. The van der Waals surface area contributed by atoms with Gasteiger partial charge in [0.05, 0.1) is 12.3 Å². The molecule has 3 rings (SSSR count). The molecule has 1 atom stereocenters. The zero-order valence-electron chi connectivity index (χ0n) is 23.2. The molecule has 8 N–H and O–H groups in total. The fourth-order valence-electron chi connectivity index (χ4n) is 4.32. The summed E-state index contributed by atoms with van der Waals surface area (Å²) in [6, 6.07) is 24.9. The third-order valence-electron chi connectivity index (χ3n) is 6.40. The lowest BCUT2D eigenvalue weighted by Gasteiger charge is -2.23. The van der Waals surface area contributed by atoms with Crippen LogP contribution in [0.5, 0.6) is 0 Å². The van der Waals surface area contributed by atoms with Crippen LogP contribution in [0.15, 0.2) is 89.9 Å². The molecule has 0 saturated heterocycles. The van der Waals surface area contributed by atoms with Crippen molar-refractivity contribution in [1.82, 2.24) is 16.0 Å². The number of guanidine groups is 1. The van der Waals surface area contributed by atoms with Gasteiger partial charge in [0.2, 0.25) is 17.7 Å². The van der Waals surface area contributed by atoms with Crippen molar-refractivity contribution in [2.75, 3.05) is 13.1 Å². The van der Waals surface area contributed by atoms with Crippen LogP contribution >= 0.6 is 0 Å². The number of nitrogens with zero attached hydrogens (tertiary/aromatic N) is 1. The van der Waals surface area contributed by atoms with Crippen LogP contribution in [0, 0.1) is 0 Å². The molecule has 0 aliphatic rings. The van der Waals surface area contributed by atoms with Crippen LogP contribution in [0.2, 0.25) is 0 Å². The highest BCUT2D eigenvalue weighted by molar-refractivity contribution is 5.92. The van der Waals surface area contributed by atoms with Gasteiger partial charge in [0, 0.05) is 13.1 Å². The van der Waals surface area contributed by atoms with Crippen molar-refractivity contribution in [3.8, 4) is 0 Å². The van der Waals surface area contributed by atoms with Crippen molar-refractivity contribution < 1.29 is 24.3 Å². The van der Waals surface area contributed by atoms with Gasteiger partial charge in [-0.25, -0.2) is 0 Å². The standard InChI is InChI=1S/C31H36N6O5/c32-31(33)34-17-7-12-25(37-30(42)28(23-8-3-1-4-9-23)24-10-5-2-6-11-24)29(41)36-19-22-15-13-21(14-16-22)18-26(38)35-20-27(39)40/h1-6,8-11,13-16,25,28H,7,12,17-20H2,(H,35,38)(H,36,41)(H,37,42)(H,39,40)(H4,32,33,34)/t25-/m1/s1. The average Bonchev–Trinajstić information content (AvgIpc) is 2.98. The van der Waals surface area contributed by atoms with Gasteiger partial charge in [-0.2, -0.15) is 0 Å². The van der Waals surface area contributed by atoms with Crippen LogP contribution in [0.1, 0.15) is 41.0 Å². The first kappa shape index (κ1) is 31.3.